The van der Waals surface area contributed by atoms with Gasteiger partial charge in [0.25, 0.3) is 0 Å². The Kier molecular flexibility index (Phi) is 17.1. The van der Waals surface area contributed by atoms with Gasteiger partial charge in [0.1, 0.15) is 0 Å². The number of hydrogen-bond donors (Lipinski definition) is 3. The Balaban J connectivity index is 2.12. The number of benzene rings is 1. The Morgan fingerprint density at radius 3 is 1.97 bits per heavy atom. The van der Waals surface area contributed by atoms with Crippen molar-refractivity contribution in [3.05, 3.63) is 29.6 Å². The highest BCUT2D eigenvalue weighted by molar-refractivity contribution is 7.89. The van der Waals surface area contributed by atoms with Gasteiger partial charge < -0.3 is 9.84 Å². The maximum Gasteiger partial charge on any atom is 0.341 e. The maximum absolute atomic E-state index is 14.1. The molecule has 0 aliphatic heterocycles. The predicted molar refractivity (Wildman–Crippen MR) is 143 cm³/mol. The molecule has 0 fully saturated rings. The van der Waals surface area contributed by atoms with Gasteiger partial charge in [0.05, 0.1) is 5.75 Å². The number of ether oxygens (including phenoxy) is 1. The number of unbranched alkanes of at least 4 members (excludes halogenated alkanes) is 13. The number of thiol groups is 1. The fourth-order valence-electron chi connectivity index (χ4n) is 3.86. The van der Waals surface area contributed by atoms with E-state index >= 15 is 0 Å². The van der Waals surface area contributed by atoms with Crippen LogP contribution in [0.15, 0.2) is 18.2 Å². The molecule has 0 saturated carbocycles. The smallest absolute Gasteiger partial charge is 0.341 e. The summed E-state index contributed by atoms with van der Waals surface area (Å²) >= 11 is 4.37. The van der Waals surface area contributed by atoms with Crippen LogP contribution in [0.1, 0.15) is 108 Å². The topological polar surface area (TPSA) is 92.7 Å². The van der Waals surface area contributed by atoms with E-state index < -0.39 is 33.7 Å². The van der Waals surface area contributed by atoms with E-state index in [1.165, 1.54) is 76.3 Å². The SMILES string of the molecule is CCCCCCCCCCCCCCCCS(=O)(=O)NCC(S)c1ccc(OCC(=O)O)c(F)c1. The van der Waals surface area contributed by atoms with Gasteiger partial charge in [-0.15, -0.1) is 0 Å². The lowest BCUT2D eigenvalue weighted by Gasteiger charge is -2.14. The largest absolute Gasteiger partial charge is 0.479 e. The molecule has 1 aromatic carbocycles. The van der Waals surface area contributed by atoms with Crippen LogP contribution in [-0.4, -0.2) is 38.4 Å². The Morgan fingerprint density at radius 1 is 0.971 bits per heavy atom. The molecule has 202 valence electrons. The molecule has 0 bridgehead atoms. The number of carboxylic acid groups (broad SMARTS) is 1. The molecule has 0 aliphatic rings. The molecule has 1 rings (SSSR count). The van der Waals surface area contributed by atoms with Crippen molar-refractivity contribution < 1.29 is 27.4 Å². The lowest BCUT2D eigenvalue weighted by Crippen LogP contribution is -2.29. The van der Waals surface area contributed by atoms with Crippen LogP contribution in [0.5, 0.6) is 5.75 Å². The second-order valence-corrected chi connectivity index (χ2v) is 11.7. The first-order valence-corrected chi connectivity index (χ1v) is 15.2. The van der Waals surface area contributed by atoms with Crippen LogP contribution in [0.2, 0.25) is 0 Å². The number of rotatable bonds is 22. The summed E-state index contributed by atoms with van der Waals surface area (Å²) < 4.78 is 46.0. The maximum atomic E-state index is 14.1. The molecule has 1 aromatic rings. The van der Waals surface area contributed by atoms with E-state index in [0.29, 0.717) is 12.0 Å². The summed E-state index contributed by atoms with van der Waals surface area (Å²) in [6.07, 6.45) is 17.0. The van der Waals surface area contributed by atoms with E-state index in [4.69, 9.17) is 9.84 Å². The van der Waals surface area contributed by atoms with Crippen molar-refractivity contribution in [3.8, 4) is 5.75 Å². The summed E-state index contributed by atoms with van der Waals surface area (Å²) in [5.41, 5.74) is 0.479. The van der Waals surface area contributed by atoms with Crippen molar-refractivity contribution in [1.82, 2.24) is 4.72 Å². The van der Waals surface area contributed by atoms with Gasteiger partial charge in [-0.3, -0.25) is 0 Å². The van der Waals surface area contributed by atoms with Gasteiger partial charge >= 0.3 is 5.97 Å². The van der Waals surface area contributed by atoms with Gasteiger partial charge in [0.2, 0.25) is 10.0 Å². The highest BCUT2D eigenvalue weighted by atomic mass is 32.2. The molecular formula is C26H44FNO5S2. The van der Waals surface area contributed by atoms with Gasteiger partial charge in [-0.2, -0.15) is 12.6 Å². The summed E-state index contributed by atoms with van der Waals surface area (Å²) in [6.45, 7) is 1.64. The molecule has 0 aliphatic carbocycles. The monoisotopic (exact) mass is 533 g/mol. The molecule has 0 amide bonds. The van der Waals surface area contributed by atoms with Crippen LogP contribution in [0, 0.1) is 5.82 Å². The normalized spacial score (nSPS) is 12.5. The number of halogens is 1. The second kappa shape index (κ2) is 18.9. The molecule has 0 radical (unpaired) electrons. The fourth-order valence-corrected chi connectivity index (χ4v) is 5.39. The van der Waals surface area contributed by atoms with Crippen LogP contribution < -0.4 is 9.46 Å². The Bertz CT molecular complexity index is 820. The quantitative estimate of drug-likeness (QED) is 0.114. The minimum Gasteiger partial charge on any atom is -0.479 e. The van der Waals surface area contributed by atoms with Crippen molar-refractivity contribution >= 4 is 28.6 Å². The van der Waals surface area contributed by atoms with Crippen molar-refractivity contribution in [3.63, 3.8) is 0 Å². The number of aliphatic carboxylic acids is 1. The molecule has 1 unspecified atom stereocenters. The lowest BCUT2D eigenvalue weighted by molar-refractivity contribution is -0.139. The molecule has 0 spiro atoms. The summed E-state index contributed by atoms with van der Waals surface area (Å²) in [6, 6.07) is 4.04. The fraction of sp³-hybridized carbons (Fsp3) is 0.731. The highest BCUT2D eigenvalue weighted by Crippen LogP contribution is 2.25. The van der Waals surface area contributed by atoms with Gasteiger partial charge in [0, 0.05) is 11.8 Å². The number of carboxylic acids is 1. The summed E-state index contributed by atoms with van der Waals surface area (Å²) in [4.78, 5) is 10.5. The van der Waals surface area contributed by atoms with Crippen LogP contribution in [0.3, 0.4) is 0 Å². The van der Waals surface area contributed by atoms with E-state index in [-0.39, 0.29) is 18.0 Å². The third-order valence-electron chi connectivity index (χ3n) is 5.96. The third kappa shape index (κ3) is 16.1. The van der Waals surface area contributed by atoms with E-state index in [2.05, 4.69) is 24.3 Å². The highest BCUT2D eigenvalue weighted by Gasteiger charge is 2.15. The standard InChI is InChI=1S/C26H44FNO5S2/c1-2-3-4-5-6-7-8-9-10-11-12-13-14-15-18-35(31,32)28-20-25(34)22-16-17-24(23(27)19-22)33-21-26(29)30/h16-17,19,25,28,34H,2-15,18,20-21H2,1H3,(H,29,30). The number of nitrogens with one attached hydrogen (secondary N) is 1. The average molecular weight is 534 g/mol. The number of sulfonamides is 1. The Labute approximate surface area is 216 Å². The minimum absolute atomic E-state index is 0.0405. The molecule has 35 heavy (non-hydrogen) atoms. The van der Waals surface area contributed by atoms with Gasteiger partial charge in [-0.25, -0.2) is 22.3 Å². The first-order valence-electron chi connectivity index (χ1n) is 13.0. The van der Waals surface area contributed by atoms with E-state index in [1.54, 1.807) is 6.07 Å². The van der Waals surface area contributed by atoms with Crippen LogP contribution in [0.25, 0.3) is 0 Å². The summed E-state index contributed by atoms with van der Waals surface area (Å²) in [5.74, 6) is -2.01. The van der Waals surface area contributed by atoms with Gasteiger partial charge in [-0.05, 0) is 24.1 Å². The van der Waals surface area contributed by atoms with Crippen molar-refractivity contribution in [1.29, 1.82) is 0 Å². The van der Waals surface area contributed by atoms with Crippen LogP contribution >= 0.6 is 12.6 Å². The number of hydrogen-bond acceptors (Lipinski definition) is 5. The molecule has 0 saturated heterocycles. The lowest BCUT2D eigenvalue weighted by atomic mass is 10.0. The summed E-state index contributed by atoms with van der Waals surface area (Å²) in [5, 5.41) is 8.07. The predicted octanol–water partition coefficient (Wildman–Crippen LogP) is 6.66. The third-order valence-corrected chi connectivity index (χ3v) is 7.87. The van der Waals surface area contributed by atoms with Gasteiger partial charge in [-0.1, -0.05) is 96.5 Å². The average Bonchev–Trinajstić information content (AvgIpc) is 2.82. The Morgan fingerprint density at radius 2 is 1.49 bits per heavy atom. The molecule has 9 heteroatoms. The zero-order valence-electron chi connectivity index (χ0n) is 21.1. The Hall–Kier alpha value is -1.32. The zero-order valence-corrected chi connectivity index (χ0v) is 22.9. The van der Waals surface area contributed by atoms with E-state index in [0.717, 1.165) is 19.3 Å². The van der Waals surface area contributed by atoms with Crippen molar-refractivity contribution in [2.45, 2.75) is 102 Å². The zero-order chi connectivity index (χ0) is 25.9. The van der Waals surface area contributed by atoms with Crippen LogP contribution in [0.4, 0.5) is 4.39 Å². The minimum atomic E-state index is -3.42. The van der Waals surface area contributed by atoms with Crippen molar-refractivity contribution in [2.75, 3.05) is 18.9 Å². The molecule has 0 heterocycles. The summed E-state index contributed by atoms with van der Waals surface area (Å²) in [7, 11) is -3.42. The first-order chi connectivity index (χ1) is 16.7. The van der Waals surface area contributed by atoms with E-state index in [9.17, 15) is 17.6 Å². The number of carbonyl (C=O) groups is 1. The molecule has 0 aromatic heterocycles. The van der Waals surface area contributed by atoms with E-state index in [1.807, 2.05) is 0 Å². The first kappa shape index (κ1) is 31.7. The molecule has 1 atom stereocenters. The molecule has 6 nitrogen and oxygen atoms in total. The second-order valence-electron chi connectivity index (χ2n) is 9.15. The molecular weight excluding hydrogens is 489 g/mol. The molecule has 2 N–H and O–H groups in total. The van der Waals surface area contributed by atoms with Crippen molar-refractivity contribution in [2.24, 2.45) is 0 Å². The van der Waals surface area contributed by atoms with Crippen LogP contribution in [-0.2, 0) is 14.8 Å². The van der Waals surface area contributed by atoms with Gasteiger partial charge in [0.15, 0.2) is 18.2 Å².